The minimum Gasteiger partial charge on any atom is -0.369 e. The second-order valence-corrected chi connectivity index (χ2v) is 5.46. The van der Waals surface area contributed by atoms with Crippen molar-refractivity contribution in [3.05, 3.63) is 47.5 Å². The predicted molar refractivity (Wildman–Crippen MR) is 82.3 cm³/mol. The highest BCUT2D eigenvalue weighted by Crippen LogP contribution is 2.27. The number of halogens is 1. The number of aromatic nitrogens is 2. The summed E-state index contributed by atoms with van der Waals surface area (Å²) in [6.07, 6.45) is 2.05. The molecular weight excluding hydrogens is 278 g/mol. The molecule has 0 saturated heterocycles. The molecule has 0 amide bonds. The minimum absolute atomic E-state index is 0.468. The Hall–Kier alpha value is -1.65. The Kier molecular flexibility index (Phi) is 3.12. The van der Waals surface area contributed by atoms with E-state index >= 15 is 0 Å². The van der Waals surface area contributed by atoms with Gasteiger partial charge in [0.15, 0.2) is 0 Å². The number of benzene rings is 2. The van der Waals surface area contributed by atoms with Crippen molar-refractivity contribution < 1.29 is 0 Å². The number of nitrogen functional groups attached to an aromatic ring is 1. The number of rotatable bonds is 2. The Morgan fingerprint density at radius 2 is 2.05 bits per heavy atom. The molecule has 0 radical (unpaired) electrons. The number of thioether (sulfide) groups is 1. The maximum Gasteiger partial charge on any atom is 0.205 e. The molecule has 1 heterocycles. The number of nitrogens with two attached hydrogens (primary N) is 1. The lowest BCUT2D eigenvalue weighted by Crippen LogP contribution is -2.00. The number of hydrogen-bond donors (Lipinski definition) is 1. The standard InChI is InChI=1S/C14H12ClN3S/c1-19-11-4-2-3-10(8-11)18-13-7-9(15)5-6-12(13)17-14(18)16/h2-8H,1H3,(H2,16,17). The quantitative estimate of drug-likeness (QED) is 0.726. The monoisotopic (exact) mass is 289 g/mol. The molecule has 0 aliphatic heterocycles. The molecule has 96 valence electrons. The van der Waals surface area contributed by atoms with Gasteiger partial charge in [0, 0.05) is 9.92 Å². The highest BCUT2D eigenvalue weighted by molar-refractivity contribution is 7.98. The summed E-state index contributed by atoms with van der Waals surface area (Å²) in [6, 6.07) is 13.8. The molecule has 3 nitrogen and oxygen atoms in total. The van der Waals surface area contributed by atoms with E-state index in [0.29, 0.717) is 11.0 Å². The molecule has 19 heavy (non-hydrogen) atoms. The van der Waals surface area contributed by atoms with Crippen LogP contribution < -0.4 is 5.73 Å². The van der Waals surface area contributed by atoms with Crippen LogP contribution in [0.5, 0.6) is 0 Å². The van der Waals surface area contributed by atoms with Gasteiger partial charge >= 0.3 is 0 Å². The predicted octanol–water partition coefficient (Wildman–Crippen LogP) is 3.98. The van der Waals surface area contributed by atoms with Crippen molar-refractivity contribution in [1.29, 1.82) is 0 Å². The highest BCUT2D eigenvalue weighted by atomic mass is 35.5. The normalized spacial score (nSPS) is 11.1. The molecular formula is C14H12ClN3S. The fourth-order valence-electron chi connectivity index (χ4n) is 2.09. The molecule has 3 rings (SSSR count). The second kappa shape index (κ2) is 4.79. The van der Waals surface area contributed by atoms with E-state index in [1.165, 1.54) is 4.90 Å². The third-order valence-electron chi connectivity index (χ3n) is 2.95. The van der Waals surface area contributed by atoms with Crippen molar-refractivity contribution in [2.45, 2.75) is 4.90 Å². The van der Waals surface area contributed by atoms with Gasteiger partial charge in [0.25, 0.3) is 0 Å². The van der Waals surface area contributed by atoms with Gasteiger partial charge in [0.05, 0.1) is 16.7 Å². The first-order valence-corrected chi connectivity index (χ1v) is 7.37. The van der Waals surface area contributed by atoms with E-state index in [9.17, 15) is 0 Å². The molecule has 1 aromatic heterocycles. The highest BCUT2D eigenvalue weighted by Gasteiger charge is 2.10. The van der Waals surface area contributed by atoms with E-state index in [1.807, 2.05) is 41.2 Å². The maximum absolute atomic E-state index is 6.06. The molecule has 0 unspecified atom stereocenters. The molecule has 0 aliphatic rings. The molecule has 0 spiro atoms. The summed E-state index contributed by atoms with van der Waals surface area (Å²) >= 11 is 7.75. The first-order chi connectivity index (χ1) is 9.19. The van der Waals surface area contributed by atoms with Crippen LogP contribution in [-0.4, -0.2) is 15.8 Å². The van der Waals surface area contributed by atoms with Gasteiger partial charge in [0.1, 0.15) is 0 Å². The van der Waals surface area contributed by atoms with E-state index in [0.717, 1.165) is 16.7 Å². The Balaban J connectivity index is 2.28. The van der Waals surface area contributed by atoms with Gasteiger partial charge in [-0.15, -0.1) is 11.8 Å². The van der Waals surface area contributed by atoms with Gasteiger partial charge in [0.2, 0.25) is 5.95 Å². The van der Waals surface area contributed by atoms with E-state index in [2.05, 4.69) is 17.1 Å². The molecule has 2 N–H and O–H groups in total. The van der Waals surface area contributed by atoms with Gasteiger partial charge < -0.3 is 5.73 Å². The Labute approximate surface area is 120 Å². The summed E-state index contributed by atoms with van der Waals surface area (Å²) in [5.41, 5.74) is 8.79. The molecule has 0 fully saturated rings. The average Bonchev–Trinajstić information content (AvgIpc) is 2.74. The van der Waals surface area contributed by atoms with Crippen LogP contribution in [-0.2, 0) is 0 Å². The summed E-state index contributed by atoms with van der Waals surface area (Å²) in [4.78, 5) is 5.54. The Bertz CT molecular complexity index is 752. The van der Waals surface area contributed by atoms with Crippen LogP contribution in [0, 0.1) is 0 Å². The van der Waals surface area contributed by atoms with Gasteiger partial charge in [-0.1, -0.05) is 17.7 Å². The van der Waals surface area contributed by atoms with E-state index in [-0.39, 0.29) is 0 Å². The van der Waals surface area contributed by atoms with Crippen LogP contribution >= 0.6 is 23.4 Å². The smallest absolute Gasteiger partial charge is 0.205 e. The number of imidazole rings is 1. The lowest BCUT2D eigenvalue weighted by molar-refractivity contribution is 1.10. The van der Waals surface area contributed by atoms with Gasteiger partial charge in [-0.3, -0.25) is 4.57 Å². The van der Waals surface area contributed by atoms with Crippen LogP contribution in [0.3, 0.4) is 0 Å². The SMILES string of the molecule is CSc1cccc(-n2c(N)nc3ccc(Cl)cc32)c1. The number of fused-ring (bicyclic) bond motifs is 1. The van der Waals surface area contributed by atoms with E-state index in [1.54, 1.807) is 11.8 Å². The molecule has 0 bridgehead atoms. The third kappa shape index (κ3) is 2.17. The number of hydrogen-bond acceptors (Lipinski definition) is 3. The van der Waals surface area contributed by atoms with E-state index < -0.39 is 0 Å². The summed E-state index contributed by atoms with van der Waals surface area (Å²) in [5, 5.41) is 0.676. The lowest BCUT2D eigenvalue weighted by Gasteiger charge is -2.08. The fraction of sp³-hybridized carbons (Fsp3) is 0.0714. The van der Waals surface area contributed by atoms with Crippen molar-refractivity contribution >= 4 is 40.3 Å². The molecule has 0 atom stereocenters. The van der Waals surface area contributed by atoms with Crippen LogP contribution in [0.25, 0.3) is 16.7 Å². The summed E-state index contributed by atoms with van der Waals surface area (Å²) in [6.45, 7) is 0. The topological polar surface area (TPSA) is 43.8 Å². The van der Waals surface area contributed by atoms with Crippen molar-refractivity contribution in [3.63, 3.8) is 0 Å². The Morgan fingerprint density at radius 3 is 2.84 bits per heavy atom. The number of anilines is 1. The number of nitrogens with zero attached hydrogens (tertiary/aromatic N) is 2. The molecule has 0 saturated carbocycles. The third-order valence-corrected chi connectivity index (χ3v) is 3.91. The van der Waals surface area contributed by atoms with E-state index in [4.69, 9.17) is 17.3 Å². The van der Waals surface area contributed by atoms with Crippen molar-refractivity contribution in [1.82, 2.24) is 9.55 Å². The average molecular weight is 290 g/mol. The molecule has 0 aliphatic carbocycles. The van der Waals surface area contributed by atoms with Gasteiger partial charge in [-0.25, -0.2) is 4.98 Å². The summed E-state index contributed by atoms with van der Waals surface area (Å²) in [7, 11) is 0. The fourth-order valence-corrected chi connectivity index (χ4v) is 2.71. The molecule has 2 aromatic carbocycles. The van der Waals surface area contributed by atoms with Crippen LogP contribution in [0.1, 0.15) is 0 Å². The lowest BCUT2D eigenvalue weighted by atomic mass is 10.3. The van der Waals surface area contributed by atoms with Crippen LogP contribution in [0.2, 0.25) is 5.02 Å². The zero-order chi connectivity index (χ0) is 13.4. The summed E-state index contributed by atoms with van der Waals surface area (Å²) in [5.74, 6) is 0.468. The van der Waals surface area contributed by atoms with Crippen molar-refractivity contribution in [3.8, 4) is 5.69 Å². The maximum atomic E-state index is 6.06. The zero-order valence-corrected chi connectivity index (χ0v) is 11.9. The molecule has 3 aromatic rings. The second-order valence-electron chi connectivity index (χ2n) is 4.14. The van der Waals surface area contributed by atoms with Crippen LogP contribution in [0.15, 0.2) is 47.4 Å². The van der Waals surface area contributed by atoms with Crippen molar-refractivity contribution in [2.24, 2.45) is 0 Å². The minimum atomic E-state index is 0.468. The molecule has 5 heteroatoms. The van der Waals surface area contributed by atoms with Gasteiger partial charge in [-0.2, -0.15) is 0 Å². The van der Waals surface area contributed by atoms with Crippen molar-refractivity contribution in [2.75, 3.05) is 12.0 Å². The first-order valence-electron chi connectivity index (χ1n) is 5.77. The summed E-state index contributed by atoms with van der Waals surface area (Å²) < 4.78 is 1.92. The first kappa shape index (κ1) is 12.4. The zero-order valence-electron chi connectivity index (χ0n) is 10.3. The van der Waals surface area contributed by atoms with Gasteiger partial charge in [-0.05, 0) is 42.7 Å². The van der Waals surface area contributed by atoms with Crippen LogP contribution in [0.4, 0.5) is 5.95 Å². The Morgan fingerprint density at radius 1 is 1.21 bits per heavy atom. The largest absolute Gasteiger partial charge is 0.369 e.